The molecule has 1 aromatic rings. The van der Waals surface area contributed by atoms with Crippen LogP contribution in [0.2, 0.25) is 0 Å². The lowest BCUT2D eigenvalue weighted by Crippen LogP contribution is -2.41. The van der Waals surface area contributed by atoms with Crippen LogP contribution in [-0.2, 0) is 0 Å². The van der Waals surface area contributed by atoms with Crippen LogP contribution < -0.4 is 0 Å². The van der Waals surface area contributed by atoms with Gasteiger partial charge in [0.25, 0.3) is 0 Å². The van der Waals surface area contributed by atoms with Gasteiger partial charge in [0.05, 0.1) is 5.92 Å². The summed E-state index contributed by atoms with van der Waals surface area (Å²) >= 11 is 0. The van der Waals surface area contributed by atoms with Crippen LogP contribution >= 0.6 is 0 Å². The van der Waals surface area contributed by atoms with Crippen molar-refractivity contribution in [3.63, 3.8) is 0 Å². The number of hydrogen-bond acceptors (Lipinski definition) is 3. The average molecular weight is 230 g/mol. The molecule has 0 fully saturated rings. The van der Waals surface area contributed by atoms with E-state index in [2.05, 4.69) is 0 Å². The van der Waals surface area contributed by atoms with Crippen LogP contribution in [0.15, 0.2) is 54.1 Å². The summed E-state index contributed by atoms with van der Waals surface area (Å²) in [6, 6.07) is 8.63. The highest BCUT2D eigenvalue weighted by molar-refractivity contribution is 5.99. The Morgan fingerprint density at radius 3 is 2.47 bits per heavy atom. The molecule has 0 spiro atoms. The minimum atomic E-state index is -2.11. The van der Waals surface area contributed by atoms with E-state index in [1.54, 1.807) is 37.3 Å². The molecule has 0 amide bonds. The van der Waals surface area contributed by atoms with Crippen LogP contribution in [0.4, 0.5) is 0 Å². The number of hydrogen-bond donors (Lipinski definition) is 2. The van der Waals surface area contributed by atoms with E-state index >= 15 is 0 Å². The fourth-order valence-electron chi connectivity index (χ4n) is 1.92. The normalized spacial score (nSPS) is 22.1. The van der Waals surface area contributed by atoms with E-state index in [1.807, 2.05) is 6.07 Å². The summed E-state index contributed by atoms with van der Waals surface area (Å²) in [6.07, 6.45) is 4.54. The van der Waals surface area contributed by atoms with E-state index in [4.69, 9.17) is 0 Å². The Morgan fingerprint density at radius 1 is 1.24 bits per heavy atom. The molecule has 3 nitrogen and oxygen atoms in total. The first-order valence-corrected chi connectivity index (χ1v) is 5.42. The number of carbonyl (C=O) groups excluding carboxylic acids is 1. The second kappa shape index (κ2) is 4.28. The molecular formula is C14H14O3. The zero-order valence-corrected chi connectivity index (χ0v) is 9.50. The van der Waals surface area contributed by atoms with Crippen LogP contribution in [0.25, 0.3) is 0 Å². The summed E-state index contributed by atoms with van der Waals surface area (Å²) in [4.78, 5) is 12.1. The van der Waals surface area contributed by atoms with Gasteiger partial charge in [0, 0.05) is 5.56 Å². The van der Waals surface area contributed by atoms with Gasteiger partial charge in [-0.25, -0.2) is 0 Å². The van der Waals surface area contributed by atoms with Gasteiger partial charge in [0.2, 0.25) is 0 Å². The Morgan fingerprint density at radius 2 is 1.88 bits per heavy atom. The molecule has 1 aromatic carbocycles. The highest BCUT2D eigenvalue weighted by Crippen LogP contribution is 2.27. The Balaban J connectivity index is 2.31. The molecule has 2 rings (SSSR count). The van der Waals surface area contributed by atoms with Gasteiger partial charge in [-0.05, 0) is 13.0 Å². The molecule has 0 aliphatic heterocycles. The quantitative estimate of drug-likeness (QED) is 0.600. The number of Topliss-reactive ketones (excluding diaryl/α,β-unsaturated/α-hetero) is 1. The Hall–Kier alpha value is -1.71. The first-order chi connectivity index (χ1) is 8.00. The van der Waals surface area contributed by atoms with E-state index in [9.17, 15) is 15.0 Å². The van der Waals surface area contributed by atoms with Gasteiger partial charge >= 0.3 is 0 Å². The molecule has 0 aromatic heterocycles. The van der Waals surface area contributed by atoms with Gasteiger partial charge in [0.15, 0.2) is 11.6 Å². The molecule has 1 aliphatic carbocycles. The summed E-state index contributed by atoms with van der Waals surface area (Å²) < 4.78 is 0. The second-order valence-electron chi connectivity index (χ2n) is 4.24. The maximum Gasteiger partial charge on any atom is 0.197 e. The van der Waals surface area contributed by atoms with Crippen molar-refractivity contribution in [3.8, 4) is 0 Å². The fraction of sp³-hybridized carbons (Fsp3) is 0.214. The second-order valence-corrected chi connectivity index (χ2v) is 4.24. The lowest BCUT2D eigenvalue weighted by Gasteiger charge is -2.28. The van der Waals surface area contributed by atoms with Gasteiger partial charge in [-0.15, -0.1) is 0 Å². The number of ketones is 1. The van der Waals surface area contributed by atoms with Gasteiger partial charge in [-0.2, -0.15) is 0 Å². The number of benzene rings is 1. The molecule has 1 atom stereocenters. The van der Waals surface area contributed by atoms with Crippen LogP contribution in [0.5, 0.6) is 0 Å². The standard InChI is InChI=1S/C14H14O3/c1-10-7-8-12(14(16,17)9-10)13(15)11-5-3-2-4-6-11/h2-9,12,16-17H,1H3. The van der Waals surface area contributed by atoms with E-state index in [-0.39, 0.29) is 5.78 Å². The molecule has 3 heteroatoms. The molecule has 1 unspecified atom stereocenters. The van der Waals surface area contributed by atoms with Crippen molar-refractivity contribution in [2.75, 3.05) is 0 Å². The Labute approximate surface area is 99.7 Å². The fourth-order valence-corrected chi connectivity index (χ4v) is 1.92. The minimum Gasteiger partial charge on any atom is -0.362 e. The number of carbonyl (C=O) groups is 1. The van der Waals surface area contributed by atoms with Gasteiger partial charge in [-0.1, -0.05) is 48.1 Å². The largest absolute Gasteiger partial charge is 0.362 e. The van der Waals surface area contributed by atoms with Crippen LogP contribution in [-0.4, -0.2) is 21.8 Å². The van der Waals surface area contributed by atoms with Crippen molar-refractivity contribution >= 4 is 5.78 Å². The van der Waals surface area contributed by atoms with Crippen molar-refractivity contribution < 1.29 is 15.0 Å². The number of allylic oxidation sites excluding steroid dienone is 2. The highest BCUT2D eigenvalue weighted by Gasteiger charge is 2.38. The minimum absolute atomic E-state index is 0.296. The lowest BCUT2D eigenvalue weighted by molar-refractivity contribution is -0.137. The number of rotatable bonds is 2. The Bertz CT molecular complexity index is 483. The molecule has 1 aliphatic rings. The zero-order chi connectivity index (χ0) is 12.5. The van der Waals surface area contributed by atoms with Gasteiger partial charge in [0.1, 0.15) is 0 Å². The maximum absolute atomic E-state index is 12.1. The summed E-state index contributed by atoms with van der Waals surface area (Å²) in [5.41, 5.74) is 1.20. The summed E-state index contributed by atoms with van der Waals surface area (Å²) in [6.45, 7) is 1.75. The lowest BCUT2D eigenvalue weighted by atomic mass is 9.85. The van der Waals surface area contributed by atoms with Gasteiger partial charge < -0.3 is 10.2 Å². The predicted molar refractivity (Wildman–Crippen MR) is 64.3 cm³/mol. The molecule has 17 heavy (non-hydrogen) atoms. The molecule has 0 saturated heterocycles. The topological polar surface area (TPSA) is 57.5 Å². The predicted octanol–water partition coefficient (Wildman–Crippen LogP) is 1.68. The third-order valence-electron chi connectivity index (χ3n) is 2.79. The smallest absolute Gasteiger partial charge is 0.197 e. The van der Waals surface area contributed by atoms with E-state index < -0.39 is 11.7 Å². The van der Waals surface area contributed by atoms with Crippen LogP contribution in [0, 0.1) is 5.92 Å². The van der Waals surface area contributed by atoms with E-state index in [1.165, 1.54) is 12.2 Å². The van der Waals surface area contributed by atoms with Crippen LogP contribution in [0.1, 0.15) is 17.3 Å². The first-order valence-electron chi connectivity index (χ1n) is 5.42. The average Bonchev–Trinajstić information content (AvgIpc) is 2.28. The monoisotopic (exact) mass is 230 g/mol. The molecule has 0 radical (unpaired) electrons. The van der Waals surface area contributed by atoms with Crippen molar-refractivity contribution in [1.29, 1.82) is 0 Å². The highest BCUT2D eigenvalue weighted by atomic mass is 16.5. The molecule has 88 valence electrons. The molecular weight excluding hydrogens is 216 g/mol. The molecule has 0 heterocycles. The molecule has 0 saturated carbocycles. The molecule has 0 bridgehead atoms. The maximum atomic E-state index is 12.1. The van der Waals surface area contributed by atoms with E-state index in [0.717, 1.165) is 5.57 Å². The summed E-state index contributed by atoms with van der Waals surface area (Å²) in [7, 11) is 0. The zero-order valence-electron chi connectivity index (χ0n) is 9.50. The SMILES string of the molecule is CC1=CC(O)(O)C(C(=O)c2ccccc2)C=C1. The molecule has 2 N–H and O–H groups in total. The van der Waals surface area contributed by atoms with Crippen molar-refractivity contribution in [2.24, 2.45) is 5.92 Å². The third-order valence-corrected chi connectivity index (χ3v) is 2.79. The number of aliphatic hydroxyl groups is 2. The third kappa shape index (κ3) is 2.35. The summed E-state index contributed by atoms with van der Waals surface area (Å²) in [5, 5.41) is 19.7. The van der Waals surface area contributed by atoms with Crippen molar-refractivity contribution in [3.05, 3.63) is 59.7 Å². The van der Waals surface area contributed by atoms with Crippen molar-refractivity contribution in [1.82, 2.24) is 0 Å². The van der Waals surface area contributed by atoms with Crippen LogP contribution in [0.3, 0.4) is 0 Å². The van der Waals surface area contributed by atoms with Gasteiger partial charge in [-0.3, -0.25) is 4.79 Å². The summed E-state index contributed by atoms with van der Waals surface area (Å²) in [5.74, 6) is -3.35. The first kappa shape index (κ1) is 11.8. The van der Waals surface area contributed by atoms with E-state index in [0.29, 0.717) is 5.56 Å². The Kier molecular flexibility index (Phi) is 2.96. The van der Waals surface area contributed by atoms with Crippen molar-refractivity contribution in [2.45, 2.75) is 12.7 Å².